The molecule has 0 saturated carbocycles. The maximum Gasteiger partial charge on any atom is 0.220 e. The summed E-state index contributed by atoms with van der Waals surface area (Å²) in [4.78, 5) is 12.9. The maximum atomic E-state index is 12.9. The molecule has 0 aromatic rings. The van der Waals surface area contributed by atoms with Crippen LogP contribution in [0.2, 0.25) is 0 Å². The van der Waals surface area contributed by atoms with Crippen LogP contribution in [-0.2, 0) is 14.3 Å². The van der Waals surface area contributed by atoms with Crippen LogP contribution >= 0.6 is 0 Å². The summed E-state index contributed by atoms with van der Waals surface area (Å²) >= 11 is 0. The summed E-state index contributed by atoms with van der Waals surface area (Å²) in [5, 5.41) is 54.2. The van der Waals surface area contributed by atoms with Gasteiger partial charge in [-0.2, -0.15) is 0 Å². The molecular formula is C48H85NO8. The van der Waals surface area contributed by atoms with E-state index in [1.807, 2.05) is 6.08 Å². The molecule has 0 aliphatic carbocycles. The van der Waals surface area contributed by atoms with E-state index in [1.165, 1.54) is 83.5 Å². The van der Waals surface area contributed by atoms with Crippen molar-refractivity contribution in [3.8, 4) is 0 Å². The summed E-state index contributed by atoms with van der Waals surface area (Å²) in [6.45, 7) is 3.64. The van der Waals surface area contributed by atoms with Crippen molar-refractivity contribution in [3.05, 3.63) is 60.8 Å². The lowest BCUT2D eigenvalue weighted by Crippen LogP contribution is -2.60. The van der Waals surface area contributed by atoms with Gasteiger partial charge in [0.2, 0.25) is 5.91 Å². The van der Waals surface area contributed by atoms with Crippen LogP contribution in [0.25, 0.3) is 0 Å². The van der Waals surface area contributed by atoms with Crippen molar-refractivity contribution in [3.63, 3.8) is 0 Å². The van der Waals surface area contributed by atoms with Crippen molar-refractivity contribution in [1.29, 1.82) is 0 Å². The number of rotatable bonds is 37. The summed E-state index contributed by atoms with van der Waals surface area (Å²) in [6.07, 6.45) is 42.6. The van der Waals surface area contributed by atoms with E-state index in [0.717, 1.165) is 77.0 Å². The zero-order valence-corrected chi connectivity index (χ0v) is 36.1. The van der Waals surface area contributed by atoms with E-state index >= 15 is 0 Å². The first-order chi connectivity index (χ1) is 27.8. The fourth-order valence-electron chi connectivity index (χ4n) is 6.91. The molecule has 1 aliphatic heterocycles. The summed E-state index contributed by atoms with van der Waals surface area (Å²) in [5.41, 5.74) is 0. The third-order valence-electron chi connectivity index (χ3n) is 10.6. The highest BCUT2D eigenvalue weighted by Gasteiger charge is 2.44. The minimum absolute atomic E-state index is 0.201. The van der Waals surface area contributed by atoms with Gasteiger partial charge in [0.15, 0.2) is 6.29 Å². The minimum atomic E-state index is -1.57. The van der Waals surface area contributed by atoms with Crippen molar-refractivity contribution in [1.82, 2.24) is 5.32 Å². The van der Waals surface area contributed by atoms with Crippen molar-refractivity contribution < 1.29 is 39.8 Å². The van der Waals surface area contributed by atoms with Crippen molar-refractivity contribution in [2.24, 2.45) is 0 Å². The molecule has 1 saturated heterocycles. The van der Waals surface area contributed by atoms with Crippen LogP contribution in [0.15, 0.2) is 60.8 Å². The van der Waals surface area contributed by atoms with Crippen LogP contribution in [0.5, 0.6) is 0 Å². The van der Waals surface area contributed by atoms with Crippen molar-refractivity contribution >= 4 is 5.91 Å². The molecule has 9 nitrogen and oxygen atoms in total. The minimum Gasteiger partial charge on any atom is -0.394 e. The Balaban J connectivity index is 2.39. The average molecular weight is 804 g/mol. The zero-order chi connectivity index (χ0) is 41.6. The molecule has 57 heavy (non-hydrogen) atoms. The number of hydrogen-bond donors (Lipinski definition) is 6. The third-order valence-corrected chi connectivity index (χ3v) is 10.6. The Kier molecular flexibility index (Phi) is 35.4. The lowest BCUT2D eigenvalue weighted by molar-refractivity contribution is -0.302. The fraction of sp³-hybridized carbons (Fsp3) is 0.771. The number of allylic oxidation sites excluding steroid dienone is 9. The number of aliphatic hydroxyl groups is 5. The number of hydrogen-bond acceptors (Lipinski definition) is 8. The standard InChI is InChI=1S/C48H85NO8/c1-3-5-7-9-11-13-15-17-19-21-23-25-27-29-31-33-35-37-42(51)41(40-56-48-47(55)46(54)45(53)43(39-50)57-48)49-44(52)38-36-34-32-30-28-26-24-22-20-18-16-14-12-10-8-6-4-2/h6,8,12,14,18,20,24,26,35,37,41-43,45-48,50-51,53-55H,3-5,7,9-11,13,15-17,19,21-23,25,27-34,36,38-40H2,1-2H3,(H,49,52)/b8-6-,14-12-,20-18-,26-24-,37-35+. The second-order valence-corrected chi connectivity index (χ2v) is 15.8. The molecule has 0 radical (unpaired) electrons. The summed E-state index contributed by atoms with van der Waals surface area (Å²) in [6, 6.07) is -0.819. The van der Waals surface area contributed by atoms with Gasteiger partial charge < -0.3 is 40.3 Å². The van der Waals surface area contributed by atoms with Gasteiger partial charge >= 0.3 is 0 Å². The number of nitrogens with one attached hydrogen (secondary N) is 1. The van der Waals surface area contributed by atoms with Crippen molar-refractivity contribution in [2.45, 2.75) is 224 Å². The number of carbonyl (C=O) groups excluding carboxylic acids is 1. The molecule has 9 heteroatoms. The Bertz CT molecular complexity index is 1070. The van der Waals surface area contributed by atoms with E-state index in [4.69, 9.17) is 9.47 Å². The molecule has 1 fully saturated rings. The van der Waals surface area contributed by atoms with Gasteiger partial charge in [-0.05, 0) is 57.8 Å². The quantitative estimate of drug-likeness (QED) is 0.0269. The van der Waals surface area contributed by atoms with Crippen LogP contribution in [-0.4, -0.2) is 87.5 Å². The van der Waals surface area contributed by atoms with Crippen LogP contribution < -0.4 is 5.32 Å². The molecule has 0 aromatic heterocycles. The molecule has 0 bridgehead atoms. The number of amides is 1. The summed E-state index contributed by atoms with van der Waals surface area (Å²) < 4.78 is 11.2. The van der Waals surface area contributed by atoms with Gasteiger partial charge in [0.25, 0.3) is 0 Å². The van der Waals surface area contributed by atoms with Gasteiger partial charge in [-0.25, -0.2) is 0 Å². The number of carbonyl (C=O) groups is 1. The molecule has 7 atom stereocenters. The summed E-state index contributed by atoms with van der Waals surface area (Å²) in [7, 11) is 0. The molecule has 6 N–H and O–H groups in total. The molecule has 1 heterocycles. The molecule has 1 amide bonds. The Hall–Kier alpha value is -2.11. The Morgan fingerprint density at radius 2 is 1.09 bits per heavy atom. The Labute approximate surface area is 347 Å². The predicted molar refractivity (Wildman–Crippen MR) is 235 cm³/mol. The van der Waals surface area contributed by atoms with Gasteiger partial charge in [-0.15, -0.1) is 0 Å². The first kappa shape index (κ1) is 52.9. The SMILES string of the molecule is CC/C=C\C/C=C\C/C=C\C/C=C\CCCCCCC(=O)NC(COC1OC(CO)C(O)C(O)C1O)C(O)/C=C/CCCCCCCCCCCCCCCCC. The highest BCUT2D eigenvalue weighted by Crippen LogP contribution is 2.22. The smallest absolute Gasteiger partial charge is 0.220 e. The largest absolute Gasteiger partial charge is 0.394 e. The molecule has 0 aromatic carbocycles. The predicted octanol–water partition coefficient (Wildman–Crippen LogP) is 9.61. The van der Waals surface area contributed by atoms with Gasteiger partial charge in [0.1, 0.15) is 24.4 Å². The van der Waals surface area contributed by atoms with Gasteiger partial charge in [0, 0.05) is 6.42 Å². The van der Waals surface area contributed by atoms with Gasteiger partial charge in [0.05, 0.1) is 25.4 Å². The molecular weight excluding hydrogens is 719 g/mol. The van der Waals surface area contributed by atoms with Crippen LogP contribution in [0.4, 0.5) is 0 Å². The first-order valence-corrected chi connectivity index (χ1v) is 23.0. The molecule has 330 valence electrons. The Morgan fingerprint density at radius 1 is 0.614 bits per heavy atom. The second-order valence-electron chi connectivity index (χ2n) is 15.8. The van der Waals surface area contributed by atoms with Crippen LogP contribution in [0.1, 0.15) is 181 Å². The van der Waals surface area contributed by atoms with Crippen molar-refractivity contribution in [2.75, 3.05) is 13.2 Å². The highest BCUT2D eigenvalue weighted by molar-refractivity contribution is 5.76. The normalized spacial score (nSPS) is 21.6. The lowest BCUT2D eigenvalue weighted by Gasteiger charge is -2.40. The fourth-order valence-corrected chi connectivity index (χ4v) is 6.91. The van der Waals surface area contributed by atoms with E-state index in [0.29, 0.717) is 6.42 Å². The average Bonchev–Trinajstić information content (AvgIpc) is 3.21. The highest BCUT2D eigenvalue weighted by atomic mass is 16.7. The molecule has 1 rings (SSSR count). The maximum absolute atomic E-state index is 12.9. The summed E-state index contributed by atoms with van der Waals surface area (Å²) in [5.74, 6) is -0.203. The van der Waals surface area contributed by atoms with E-state index in [1.54, 1.807) is 6.08 Å². The molecule has 7 unspecified atom stereocenters. The van der Waals surface area contributed by atoms with Crippen LogP contribution in [0.3, 0.4) is 0 Å². The first-order valence-electron chi connectivity index (χ1n) is 23.0. The number of ether oxygens (including phenoxy) is 2. The third kappa shape index (κ3) is 28.9. The van der Waals surface area contributed by atoms with Gasteiger partial charge in [-0.3, -0.25) is 4.79 Å². The van der Waals surface area contributed by atoms with E-state index in [-0.39, 0.29) is 12.5 Å². The van der Waals surface area contributed by atoms with Crippen LogP contribution in [0, 0.1) is 0 Å². The topological polar surface area (TPSA) is 149 Å². The van der Waals surface area contributed by atoms with Gasteiger partial charge in [-0.1, -0.05) is 177 Å². The number of unbranched alkanes of at least 4 members (excludes halogenated alkanes) is 19. The Morgan fingerprint density at radius 3 is 1.61 bits per heavy atom. The second kappa shape index (κ2) is 38.1. The van der Waals surface area contributed by atoms with E-state index < -0.39 is 49.5 Å². The zero-order valence-electron chi connectivity index (χ0n) is 36.1. The lowest BCUT2D eigenvalue weighted by atomic mass is 9.99. The van der Waals surface area contributed by atoms with E-state index in [9.17, 15) is 30.3 Å². The monoisotopic (exact) mass is 804 g/mol. The molecule has 0 spiro atoms. The molecule has 1 aliphatic rings. The number of aliphatic hydroxyl groups excluding tert-OH is 5. The van der Waals surface area contributed by atoms with E-state index in [2.05, 4.69) is 67.8 Å².